The number of aromatic amines is 2. The van der Waals surface area contributed by atoms with Crippen molar-refractivity contribution < 1.29 is 9.90 Å². The number of unbranched alkanes of at least 4 members (excludes halogenated alkanes) is 1. The molecule has 1 rings (SSSR count). The minimum atomic E-state index is -0.717. The van der Waals surface area contributed by atoms with Gasteiger partial charge in [0.1, 0.15) is 5.69 Å². The number of carbonyl (C=O) groups is 1. The van der Waals surface area contributed by atoms with Crippen molar-refractivity contribution in [2.75, 3.05) is 19.7 Å². The zero-order valence-corrected chi connectivity index (χ0v) is 10.2. The summed E-state index contributed by atoms with van der Waals surface area (Å²) < 4.78 is 0. The normalized spacial score (nSPS) is 10.3. The molecule has 1 aromatic heterocycles. The van der Waals surface area contributed by atoms with Gasteiger partial charge >= 0.3 is 5.69 Å². The Morgan fingerprint density at radius 3 is 2.61 bits per heavy atom. The topological polar surface area (TPSA) is 106 Å². The van der Waals surface area contributed by atoms with Gasteiger partial charge in [0.2, 0.25) is 0 Å². The SMILES string of the molecule is CCCCN(CCO)C(=O)c1cc(=O)[nH]c(=O)[nH]1. The van der Waals surface area contributed by atoms with Gasteiger partial charge < -0.3 is 15.0 Å². The first-order valence-electron chi connectivity index (χ1n) is 5.82. The van der Waals surface area contributed by atoms with Crippen LogP contribution in [0, 0.1) is 0 Å². The van der Waals surface area contributed by atoms with Crippen molar-refractivity contribution in [1.82, 2.24) is 14.9 Å². The molecule has 0 aliphatic rings. The summed E-state index contributed by atoms with van der Waals surface area (Å²) in [4.78, 5) is 39.9. The summed E-state index contributed by atoms with van der Waals surface area (Å²) in [7, 11) is 0. The third-order valence-corrected chi connectivity index (χ3v) is 2.43. The first-order valence-corrected chi connectivity index (χ1v) is 5.82. The van der Waals surface area contributed by atoms with Gasteiger partial charge in [-0.05, 0) is 6.42 Å². The quantitative estimate of drug-likeness (QED) is 0.624. The molecule has 0 radical (unpaired) electrons. The second kappa shape index (κ2) is 6.75. The van der Waals surface area contributed by atoms with Crippen LogP contribution < -0.4 is 11.2 Å². The van der Waals surface area contributed by atoms with Crippen molar-refractivity contribution >= 4 is 5.91 Å². The fraction of sp³-hybridized carbons (Fsp3) is 0.545. The van der Waals surface area contributed by atoms with Crippen LogP contribution in [0.3, 0.4) is 0 Å². The molecular formula is C11H17N3O4. The number of amides is 1. The third-order valence-electron chi connectivity index (χ3n) is 2.43. The van der Waals surface area contributed by atoms with E-state index in [1.54, 1.807) is 0 Å². The molecule has 100 valence electrons. The number of carbonyl (C=O) groups excluding carboxylic acids is 1. The maximum atomic E-state index is 12.0. The second-order valence-corrected chi connectivity index (χ2v) is 3.87. The molecule has 0 saturated carbocycles. The molecule has 7 heteroatoms. The lowest BCUT2D eigenvalue weighted by Gasteiger charge is -2.21. The molecule has 0 fully saturated rings. The van der Waals surface area contributed by atoms with Gasteiger partial charge in [-0.15, -0.1) is 0 Å². The lowest BCUT2D eigenvalue weighted by atomic mass is 10.2. The van der Waals surface area contributed by atoms with Crippen LogP contribution in [0.15, 0.2) is 15.7 Å². The van der Waals surface area contributed by atoms with E-state index >= 15 is 0 Å². The highest BCUT2D eigenvalue weighted by Crippen LogP contribution is 2.01. The maximum absolute atomic E-state index is 12.0. The molecule has 0 unspecified atom stereocenters. The molecule has 1 heterocycles. The van der Waals surface area contributed by atoms with E-state index in [9.17, 15) is 14.4 Å². The van der Waals surface area contributed by atoms with E-state index in [0.29, 0.717) is 6.54 Å². The second-order valence-electron chi connectivity index (χ2n) is 3.87. The summed E-state index contributed by atoms with van der Waals surface area (Å²) >= 11 is 0. The smallest absolute Gasteiger partial charge is 0.326 e. The molecule has 0 saturated heterocycles. The van der Waals surface area contributed by atoms with Crippen molar-refractivity contribution in [1.29, 1.82) is 0 Å². The number of hydrogen-bond donors (Lipinski definition) is 3. The zero-order valence-electron chi connectivity index (χ0n) is 10.2. The Balaban J connectivity index is 2.93. The number of rotatable bonds is 6. The van der Waals surface area contributed by atoms with Crippen LogP contribution in [0.5, 0.6) is 0 Å². The molecule has 0 atom stereocenters. The first kappa shape index (κ1) is 14.2. The minimum absolute atomic E-state index is 0.0618. The molecule has 1 aromatic rings. The Hall–Kier alpha value is -1.89. The van der Waals surface area contributed by atoms with Gasteiger partial charge in [-0.25, -0.2) is 4.79 Å². The van der Waals surface area contributed by atoms with Crippen molar-refractivity contribution in [2.45, 2.75) is 19.8 Å². The van der Waals surface area contributed by atoms with E-state index in [-0.39, 0.29) is 18.8 Å². The highest BCUT2D eigenvalue weighted by molar-refractivity contribution is 5.92. The van der Waals surface area contributed by atoms with Crippen molar-refractivity contribution in [3.8, 4) is 0 Å². The zero-order chi connectivity index (χ0) is 13.5. The van der Waals surface area contributed by atoms with Crippen LogP contribution in [-0.2, 0) is 0 Å². The van der Waals surface area contributed by atoms with Crippen molar-refractivity contribution in [3.63, 3.8) is 0 Å². The van der Waals surface area contributed by atoms with Crippen LogP contribution in [0.2, 0.25) is 0 Å². The molecule has 0 aliphatic heterocycles. The van der Waals surface area contributed by atoms with Crippen molar-refractivity contribution in [3.05, 3.63) is 32.6 Å². The molecule has 0 bridgehead atoms. The molecule has 1 amide bonds. The van der Waals surface area contributed by atoms with E-state index in [0.717, 1.165) is 18.9 Å². The Bertz CT molecular complexity index is 477. The minimum Gasteiger partial charge on any atom is -0.395 e. The average Bonchev–Trinajstić information content (AvgIpc) is 2.32. The van der Waals surface area contributed by atoms with Crippen LogP contribution in [0.1, 0.15) is 30.3 Å². The van der Waals surface area contributed by atoms with Gasteiger partial charge in [-0.3, -0.25) is 14.6 Å². The number of aromatic nitrogens is 2. The monoisotopic (exact) mass is 255 g/mol. The Morgan fingerprint density at radius 2 is 2.06 bits per heavy atom. The summed E-state index contributed by atoms with van der Waals surface area (Å²) in [6.45, 7) is 2.47. The van der Waals surface area contributed by atoms with E-state index in [4.69, 9.17) is 5.11 Å². The summed E-state index contributed by atoms with van der Waals surface area (Å²) in [5, 5.41) is 8.91. The van der Waals surface area contributed by atoms with E-state index in [1.807, 2.05) is 11.9 Å². The highest BCUT2D eigenvalue weighted by atomic mass is 16.3. The predicted octanol–water partition coefficient (Wildman–Crippen LogP) is -0.702. The van der Waals surface area contributed by atoms with E-state index in [1.165, 1.54) is 4.90 Å². The summed E-state index contributed by atoms with van der Waals surface area (Å²) in [6, 6.07) is 1.04. The van der Waals surface area contributed by atoms with Gasteiger partial charge in [0.15, 0.2) is 0 Å². The fourth-order valence-corrected chi connectivity index (χ4v) is 1.54. The highest BCUT2D eigenvalue weighted by Gasteiger charge is 2.16. The summed E-state index contributed by atoms with van der Waals surface area (Å²) in [5.74, 6) is -0.458. The predicted molar refractivity (Wildman–Crippen MR) is 65.6 cm³/mol. The van der Waals surface area contributed by atoms with Gasteiger partial charge in [0.05, 0.1) is 6.61 Å². The fourth-order valence-electron chi connectivity index (χ4n) is 1.54. The number of nitrogens with one attached hydrogen (secondary N) is 2. The number of aliphatic hydroxyl groups excluding tert-OH is 1. The van der Waals surface area contributed by atoms with Crippen LogP contribution in [0.25, 0.3) is 0 Å². The van der Waals surface area contributed by atoms with Gasteiger partial charge in [0.25, 0.3) is 11.5 Å². The summed E-state index contributed by atoms with van der Waals surface area (Å²) in [5.41, 5.74) is -1.40. The standard InChI is InChI=1S/C11H17N3O4/c1-2-3-4-14(5-6-15)10(17)8-7-9(16)13-11(18)12-8/h7,15H,2-6H2,1H3,(H2,12,13,16,18). The Labute approximate surface area is 103 Å². The first-order chi connectivity index (χ1) is 8.58. The lowest BCUT2D eigenvalue weighted by molar-refractivity contribution is 0.0713. The number of aliphatic hydroxyl groups is 1. The van der Waals surface area contributed by atoms with Crippen LogP contribution in [0.4, 0.5) is 0 Å². The molecule has 7 nitrogen and oxygen atoms in total. The average molecular weight is 255 g/mol. The lowest BCUT2D eigenvalue weighted by Crippen LogP contribution is -2.37. The van der Waals surface area contributed by atoms with Crippen LogP contribution >= 0.6 is 0 Å². The van der Waals surface area contributed by atoms with E-state index < -0.39 is 17.2 Å². The molecule has 0 aromatic carbocycles. The number of hydrogen-bond acceptors (Lipinski definition) is 4. The number of H-pyrrole nitrogens is 2. The molecule has 0 spiro atoms. The molecule has 0 aliphatic carbocycles. The van der Waals surface area contributed by atoms with Gasteiger partial charge in [-0.1, -0.05) is 13.3 Å². The molecular weight excluding hydrogens is 238 g/mol. The Morgan fingerprint density at radius 1 is 1.33 bits per heavy atom. The Kier molecular flexibility index (Phi) is 5.31. The third kappa shape index (κ3) is 3.85. The number of nitrogens with zero attached hydrogens (tertiary/aromatic N) is 1. The molecule has 18 heavy (non-hydrogen) atoms. The van der Waals surface area contributed by atoms with Gasteiger partial charge in [0, 0.05) is 19.2 Å². The van der Waals surface area contributed by atoms with Crippen molar-refractivity contribution in [2.24, 2.45) is 0 Å². The maximum Gasteiger partial charge on any atom is 0.326 e. The van der Waals surface area contributed by atoms with Gasteiger partial charge in [-0.2, -0.15) is 0 Å². The largest absolute Gasteiger partial charge is 0.395 e. The summed E-state index contributed by atoms with van der Waals surface area (Å²) in [6.07, 6.45) is 1.69. The van der Waals surface area contributed by atoms with E-state index in [2.05, 4.69) is 4.98 Å². The van der Waals surface area contributed by atoms with Crippen LogP contribution in [-0.4, -0.2) is 45.6 Å². The molecule has 3 N–H and O–H groups in total.